The number of hydrogen-bond acceptors (Lipinski definition) is 7. The van der Waals surface area contributed by atoms with Gasteiger partial charge in [0.2, 0.25) is 11.5 Å². The summed E-state index contributed by atoms with van der Waals surface area (Å²) in [7, 11) is 1.37. The molecule has 1 saturated carbocycles. The Morgan fingerprint density at radius 2 is 1.87 bits per heavy atom. The summed E-state index contributed by atoms with van der Waals surface area (Å²) in [6, 6.07) is 11.8. The number of methoxy groups -OCH3 is 1. The van der Waals surface area contributed by atoms with Crippen LogP contribution in [-0.2, 0) is 15.8 Å². The quantitative estimate of drug-likeness (QED) is 0.246. The Balaban J connectivity index is 1.42. The highest BCUT2D eigenvalue weighted by atomic mass is 19.4. The summed E-state index contributed by atoms with van der Waals surface area (Å²) in [4.78, 5) is 34.9. The van der Waals surface area contributed by atoms with Crippen molar-refractivity contribution in [3.8, 4) is 22.8 Å². The van der Waals surface area contributed by atoms with Gasteiger partial charge in [0.15, 0.2) is 0 Å². The second-order valence-electron chi connectivity index (χ2n) is 11.4. The lowest BCUT2D eigenvalue weighted by Gasteiger charge is -2.31. The van der Waals surface area contributed by atoms with E-state index in [1.165, 1.54) is 44.5 Å². The first-order chi connectivity index (χ1) is 21.3. The highest BCUT2D eigenvalue weighted by molar-refractivity contribution is 6.00. The van der Waals surface area contributed by atoms with Crippen LogP contribution in [0.15, 0.2) is 60.8 Å². The number of benzene rings is 2. The molecule has 2 atom stereocenters. The highest BCUT2D eigenvalue weighted by Crippen LogP contribution is 2.48. The molecule has 0 spiro atoms. The van der Waals surface area contributed by atoms with Crippen LogP contribution in [0.1, 0.15) is 41.4 Å². The summed E-state index contributed by atoms with van der Waals surface area (Å²) in [5.74, 6) is -1.67. The van der Waals surface area contributed by atoms with Gasteiger partial charge in [0.05, 0.1) is 19.3 Å². The number of amides is 2. The predicted octanol–water partition coefficient (Wildman–Crippen LogP) is 4.55. The molecule has 2 aromatic carbocycles. The number of halogens is 4. The van der Waals surface area contributed by atoms with Gasteiger partial charge in [-0.3, -0.25) is 14.6 Å². The van der Waals surface area contributed by atoms with Gasteiger partial charge in [-0.25, -0.2) is 9.37 Å². The van der Waals surface area contributed by atoms with Gasteiger partial charge in [-0.1, -0.05) is 6.07 Å². The molecule has 1 aliphatic heterocycles. The third kappa shape index (κ3) is 5.41. The van der Waals surface area contributed by atoms with Crippen molar-refractivity contribution in [2.75, 3.05) is 20.3 Å². The SMILES string of the molecule is COc1cc(C(=O)NCC(O)(c2cc3c(c(-c4ccc(F)cc4)n2)OC[C@]3(C)C(=O)NC2CC2)C(F)(F)F)cc2cccnc12. The molecule has 2 aromatic heterocycles. The summed E-state index contributed by atoms with van der Waals surface area (Å²) >= 11 is 0. The minimum atomic E-state index is -5.33. The van der Waals surface area contributed by atoms with Gasteiger partial charge in [0, 0.05) is 34.3 Å². The zero-order valence-electron chi connectivity index (χ0n) is 24.2. The van der Waals surface area contributed by atoms with Crippen LogP contribution in [0, 0.1) is 5.82 Å². The Kier molecular flexibility index (Phi) is 7.39. The number of aliphatic hydroxyl groups is 1. The summed E-state index contributed by atoms with van der Waals surface area (Å²) in [5.41, 5.74) is -5.41. The molecule has 1 aliphatic carbocycles. The van der Waals surface area contributed by atoms with E-state index in [1.807, 2.05) is 0 Å². The van der Waals surface area contributed by atoms with Crippen molar-refractivity contribution >= 4 is 22.7 Å². The van der Waals surface area contributed by atoms with E-state index in [0.717, 1.165) is 31.0 Å². The number of ether oxygens (including phenoxy) is 2. The van der Waals surface area contributed by atoms with Crippen molar-refractivity contribution in [3.05, 3.63) is 83.4 Å². The van der Waals surface area contributed by atoms with Crippen LogP contribution in [0.3, 0.4) is 0 Å². The van der Waals surface area contributed by atoms with E-state index in [4.69, 9.17) is 9.47 Å². The number of nitrogens with one attached hydrogen (secondary N) is 2. The average molecular weight is 625 g/mol. The summed E-state index contributed by atoms with van der Waals surface area (Å²) in [5, 5.41) is 16.9. The molecule has 1 unspecified atom stereocenters. The van der Waals surface area contributed by atoms with Crippen LogP contribution in [0.25, 0.3) is 22.2 Å². The normalized spacial score (nSPS) is 18.9. The van der Waals surface area contributed by atoms with Crippen LogP contribution in [0.4, 0.5) is 17.6 Å². The number of rotatable bonds is 8. The molecule has 9 nitrogen and oxygen atoms in total. The molecule has 0 bridgehead atoms. The second kappa shape index (κ2) is 11.0. The smallest absolute Gasteiger partial charge is 0.424 e. The fourth-order valence-corrected chi connectivity index (χ4v) is 5.25. The van der Waals surface area contributed by atoms with Crippen molar-refractivity contribution < 1.29 is 41.7 Å². The molecular weight excluding hydrogens is 596 g/mol. The highest BCUT2D eigenvalue weighted by Gasteiger charge is 2.58. The molecule has 6 rings (SSSR count). The number of carbonyl (C=O) groups excluding carboxylic acids is 2. The second-order valence-corrected chi connectivity index (χ2v) is 11.4. The molecule has 1 fully saturated rings. The standard InChI is InChI=1S/C32H28F4N4O5/c1-30(29(42)39-21-9-10-21)16-45-27-22(30)14-24(40-26(27)17-5-7-20(33)8-6-17)31(43,32(34,35)36)15-38-28(41)19-12-18-4-3-11-37-25(18)23(13-19)44-2/h3-8,11-14,21,43H,9-10,15-16H2,1-2H3,(H,38,41)(H,39,42)/t30-,31?/m0/s1. The number of aromatic nitrogens is 2. The van der Waals surface area contributed by atoms with E-state index in [-0.39, 0.29) is 46.5 Å². The fourth-order valence-electron chi connectivity index (χ4n) is 5.25. The lowest BCUT2D eigenvalue weighted by molar-refractivity contribution is -0.265. The van der Waals surface area contributed by atoms with Gasteiger partial charge in [-0.15, -0.1) is 0 Å². The first-order valence-electron chi connectivity index (χ1n) is 14.1. The van der Waals surface area contributed by atoms with Gasteiger partial charge in [-0.05, 0) is 68.3 Å². The number of carbonyl (C=O) groups is 2. The molecule has 0 saturated heterocycles. The minimum Gasteiger partial charge on any atom is -0.494 e. The van der Waals surface area contributed by atoms with E-state index in [1.54, 1.807) is 12.1 Å². The van der Waals surface area contributed by atoms with Crippen LogP contribution in [-0.4, -0.2) is 59.4 Å². The van der Waals surface area contributed by atoms with Gasteiger partial charge in [0.1, 0.15) is 40.5 Å². The van der Waals surface area contributed by atoms with Crippen molar-refractivity contribution in [3.63, 3.8) is 0 Å². The van der Waals surface area contributed by atoms with Crippen molar-refractivity contribution in [1.82, 2.24) is 20.6 Å². The zero-order chi connectivity index (χ0) is 32.1. The molecule has 4 aromatic rings. The van der Waals surface area contributed by atoms with E-state index in [0.29, 0.717) is 10.9 Å². The number of alkyl halides is 3. The van der Waals surface area contributed by atoms with Crippen molar-refractivity contribution in [2.24, 2.45) is 0 Å². The Morgan fingerprint density at radius 1 is 1.13 bits per heavy atom. The third-order valence-electron chi connectivity index (χ3n) is 8.15. The number of pyridine rings is 2. The van der Waals surface area contributed by atoms with Gasteiger partial charge in [-0.2, -0.15) is 13.2 Å². The van der Waals surface area contributed by atoms with Gasteiger partial charge in [0.25, 0.3) is 5.91 Å². The van der Waals surface area contributed by atoms with Crippen LogP contribution in [0.2, 0.25) is 0 Å². The van der Waals surface area contributed by atoms with Gasteiger partial charge < -0.3 is 25.2 Å². The Morgan fingerprint density at radius 3 is 2.53 bits per heavy atom. The Bertz CT molecular complexity index is 1810. The molecule has 234 valence electrons. The molecule has 3 heterocycles. The zero-order valence-corrected chi connectivity index (χ0v) is 24.2. The number of fused-ring (bicyclic) bond motifs is 2. The molecule has 0 radical (unpaired) electrons. The molecule has 2 aliphatic rings. The topological polar surface area (TPSA) is 123 Å². The molecule has 45 heavy (non-hydrogen) atoms. The van der Waals surface area contributed by atoms with E-state index in [9.17, 15) is 32.3 Å². The van der Waals surface area contributed by atoms with Crippen LogP contribution >= 0.6 is 0 Å². The summed E-state index contributed by atoms with van der Waals surface area (Å²) in [6.45, 7) is 0.0222. The first kappa shape index (κ1) is 30.3. The summed E-state index contributed by atoms with van der Waals surface area (Å²) in [6.07, 6.45) is -2.24. The Hall–Kier alpha value is -4.78. The van der Waals surface area contributed by atoms with E-state index >= 15 is 0 Å². The maximum Gasteiger partial charge on any atom is 0.424 e. The number of nitrogens with zero attached hydrogens (tertiary/aromatic N) is 2. The summed E-state index contributed by atoms with van der Waals surface area (Å²) < 4.78 is 69.4. The van der Waals surface area contributed by atoms with Crippen LogP contribution in [0.5, 0.6) is 11.5 Å². The van der Waals surface area contributed by atoms with E-state index in [2.05, 4.69) is 20.6 Å². The van der Waals surface area contributed by atoms with E-state index < -0.39 is 47.1 Å². The lowest BCUT2D eigenvalue weighted by atomic mass is 9.81. The molecule has 13 heteroatoms. The molecular formula is C32H28F4N4O5. The average Bonchev–Trinajstić information content (AvgIpc) is 3.78. The fraction of sp³-hybridized carbons (Fsp3) is 0.312. The van der Waals surface area contributed by atoms with Gasteiger partial charge >= 0.3 is 6.18 Å². The predicted molar refractivity (Wildman–Crippen MR) is 154 cm³/mol. The maximum absolute atomic E-state index is 14.8. The minimum absolute atomic E-state index is 0.0245. The first-order valence-corrected chi connectivity index (χ1v) is 14.1. The van der Waals surface area contributed by atoms with Crippen LogP contribution < -0.4 is 20.1 Å². The largest absolute Gasteiger partial charge is 0.494 e. The van der Waals surface area contributed by atoms with Crippen molar-refractivity contribution in [1.29, 1.82) is 0 Å². The third-order valence-corrected chi connectivity index (χ3v) is 8.15. The number of hydrogen-bond donors (Lipinski definition) is 3. The Labute approximate surface area is 254 Å². The molecule has 2 amide bonds. The lowest BCUT2D eigenvalue weighted by Crippen LogP contribution is -2.52. The maximum atomic E-state index is 14.8. The molecule has 3 N–H and O–H groups in total. The van der Waals surface area contributed by atoms with Crippen molar-refractivity contribution in [2.45, 2.75) is 43.0 Å². The monoisotopic (exact) mass is 624 g/mol.